The van der Waals surface area contributed by atoms with Gasteiger partial charge < -0.3 is 25.2 Å². The van der Waals surface area contributed by atoms with E-state index in [2.05, 4.69) is 20.8 Å². The standard InChI is InChI=1S/C32H60O8/c1-4-7-10-13-16-19-22-26(33)30(37)31(38)32(39,27(34)23-20-17-14-11-8-5-2)28(35)25-40-29(36)24-21-18-15-12-9-6-3/h28,30-31,35,37-39H,4-25H2,1-3H3/t28-,30?,31+,32+/m1/s1. The fraction of sp³-hybridized carbons (Fsp3) is 0.906. The van der Waals surface area contributed by atoms with Crippen molar-refractivity contribution in [3.8, 4) is 0 Å². The van der Waals surface area contributed by atoms with Crippen LogP contribution in [0.3, 0.4) is 0 Å². The van der Waals surface area contributed by atoms with Gasteiger partial charge in [-0.3, -0.25) is 14.4 Å². The zero-order valence-corrected chi connectivity index (χ0v) is 25.7. The Labute approximate surface area is 243 Å². The van der Waals surface area contributed by atoms with Gasteiger partial charge in [0.2, 0.25) is 0 Å². The molecule has 0 saturated heterocycles. The van der Waals surface area contributed by atoms with E-state index in [1.54, 1.807) is 0 Å². The van der Waals surface area contributed by atoms with Crippen molar-refractivity contribution in [2.24, 2.45) is 0 Å². The summed E-state index contributed by atoms with van der Waals surface area (Å²) in [4.78, 5) is 37.9. The molecule has 8 heteroatoms. The molecule has 0 radical (unpaired) electrons. The van der Waals surface area contributed by atoms with Gasteiger partial charge in [0.25, 0.3) is 0 Å². The molecule has 0 rings (SSSR count). The van der Waals surface area contributed by atoms with E-state index in [-0.39, 0.29) is 19.3 Å². The first-order chi connectivity index (χ1) is 19.2. The number of unbranched alkanes of at least 4 members (excludes halogenated alkanes) is 15. The molecule has 0 spiro atoms. The fourth-order valence-corrected chi connectivity index (χ4v) is 4.88. The second-order valence-electron chi connectivity index (χ2n) is 11.4. The molecule has 0 aromatic carbocycles. The highest BCUT2D eigenvalue weighted by Gasteiger charge is 2.53. The number of carbonyl (C=O) groups is 3. The van der Waals surface area contributed by atoms with Gasteiger partial charge >= 0.3 is 5.97 Å². The summed E-state index contributed by atoms with van der Waals surface area (Å²) < 4.78 is 5.12. The van der Waals surface area contributed by atoms with Crippen LogP contribution in [-0.2, 0) is 19.1 Å². The van der Waals surface area contributed by atoms with Crippen LogP contribution in [0.25, 0.3) is 0 Å². The van der Waals surface area contributed by atoms with Gasteiger partial charge in [-0.15, -0.1) is 0 Å². The predicted molar refractivity (Wildman–Crippen MR) is 158 cm³/mol. The molecule has 1 unspecified atom stereocenters. The quantitative estimate of drug-likeness (QED) is 0.0688. The van der Waals surface area contributed by atoms with E-state index in [9.17, 15) is 34.8 Å². The minimum Gasteiger partial charge on any atom is -0.463 e. The molecule has 4 N–H and O–H groups in total. The zero-order valence-electron chi connectivity index (χ0n) is 25.7. The minimum atomic E-state index is -2.83. The Morgan fingerprint density at radius 3 is 1.48 bits per heavy atom. The van der Waals surface area contributed by atoms with Crippen LogP contribution >= 0.6 is 0 Å². The van der Waals surface area contributed by atoms with Crippen LogP contribution in [0.4, 0.5) is 0 Å². The maximum Gasteiger partial charge on any atom is 0.305 e. The van der Waals surface area contributed by atoms with Crippen molar-refractivity contribution in [2.45, 2.75) is 180 Å². The third-order valence-corrected chi connectivity index (χ3v) is 7.71. The lowest BCUT2D eigenvalue weighted by Crippen LogP contribution is -2.64. The first kappa shape index (κ1) is 38.6. The molecule has 0 aliphatic rings. The van der Waals surface area contributed by atoms with Crippen LogP contribution in [0.15, 0.2) is 0 Å². The number of rotatable bonds is 28. The highest BCUT2D eigenvalue weighted by molar-refractivity contribution is 5.91. The first-order valence-electron chi connectivity index (χ1n) is 16.1. The van der Waals surface area contributed by atoms with E-state index in [1.807, 2.05) is 0 Å². The van der Waals surface area contributed by atoms with E-state index in [4.69, 9.17) is 4.74 Å². The third-order valence-electron chi connectivity index (χ3n) is 7.71. The molecule has 0 aromatic rings. The Morgan fingerprint density at radius 2 is 1.00 bits per heavy atom. The number of aliphatic hydroxyl groups is 4. The fourth-order valence-electron chi connectivity index (χ4n) is 4.88. The maximum atomic E-state index is 13.1. The molecule has 0 aliphatic carbocycles. The first-order valence-corrected chi connectivity index (χ1v) is 16.1. The molecule has 0 fully saturated rings. The molecule has 0 aromatic heterocycles. The van der Waals surface area contributed by atoms with E-state index in [1.165, 1.54) is 0 Å². The van der Waals surface area contributed by atoms with Crippen LogP contribution in [-0.4, -0.2) is 68.5 Å². The minimum absolute atomic E-state index is 0.00458. The molecule has 236 valence electrons. The SMILES string of the molecule is CCCCCCCCC(=O)OC[C@@H](O)[C@@](O)(C(=O)CCCCCCCC)[C@@H](O)C(O)C(=O)CCCCCCCC. The molecule has 8 nitrogen and oxygen atoms in total. The van der Waals surface area contributed by atoms with E-state index < -0.39 is 48.1 Å². The monoisotopic (exact) mass is 572 g/mol. The van der Waals surface area contributed by atoms with Gasteiger partial charge in [0, 0.05) is 19.3 Å². The van der Waals surface area contributed by atoms with Gasteiger partial charge in [-0.25, -0.2) is 0 Å². The van der Waals surface area contributed by atoms with Crippen molar-refractivity contribution in [1.29, 1.82) is 0 Å². The summed E-state index contributed by atoms with van der Waals surface area (Å²) in [6.07, 6.45) is 10.5. The Morgan fingerprint density at radius 1 is 0.600 bits per heavy atom. The number of ketones is 2. The van der Waals surface area contributed by atoms with Crippen LogP contribution in [0.5, 0.6) is 0 Å². The number of esters is 1. The average molecular weight is 573 g/mol. The summed E-state index contributed by atoms with van der Waals surface area (Å²) in [5.41, 5.74) is -2.83. The molecule has 0 aliphatic heterocycles. The van der Waals surface area contributed by atoms with E-state index in [0.717, 1.165) is 96.3 Å². The van der Waals surface area contributed by atoms with Gasteiger partial charge in [-0.1, -0.05) is 117 Å². The zero-order chi connectivity index (χ0) is 30.2. The molecule has 0 saturated carbocycles. The molecular formula is C32H60O8. The number of carbonyl (C=O) groups excluding carboxylic acids is 3. The summed E-state index contributed by atoms with van der Waals surface area (Å²) in [7, 11) is 0. The van der Waals surface area contributed by atoms with Crippen molar-refractivity contribution in [2.75, 3.05) is 6.61 Å². The van der Waals surface area contributed by atoms with E-state index in [0.29, 0.717) is 19.3 Å². The van der Waals surface area contributed by atoms with E-state index >= 15 is 0 Å². The third kappa shape index (κ3) is 16.2. The maximum absolute atomic E-state index is 13.1. The topological polar surface area (TPSA) is 141 Å². The lowest BCUT2D eigenvalue weighted by molar-refractivity contribution is -0.197. The number of hydrogen-bond acceptors (Lipinski definition) is 8. The van der Waals surface area contributed by atoms with Crippen LogP contribution in [0, 0.1) is 0 Å². The number of aliphatic hydroxyl groups excluding tert-OH is 3. The second-order valence-corrected chi connectivity index (χ2v) is 11.4. The van der Waals surface area contributed by atoms with Crippen molar-refractivity contribution < 1.29 is 39.5 Å². The highest BCUT2D eigenvalue weighted by Crippen LogP contribution is 2.26. The van der Waals surface area contributed by atoms with Crippen molar-refractivity contribution in [3.05, 3.63) is 0 Å². The Balaban J connectivity index is 5.15. The van der Waals surface area contributed by atoms with Gasteiger partial charge in [0.15, 0.2) is 17.2 Å². The van der Waals surface area contributed by atoms with Crippen LogP contribution in [0.1, 0.15) is 156 Å². The molecular weight excluding hydrogens is 512 g/mol. The normalized spacial score (nSPS) is 15.3. The van der Waals surface area contributed by atoms with Gasteiger partial charge in [0.1, 0.15) is 24.9 Å². The smallest absolute Gasteiger partial charge is 0.305 e. The summed E-state index contributed by atoms with van der Waals surface area (Å²) in [6.45, 7) is 5.62. The van der Waals surface area contributed by atoms with Crippen LogP contribution < -0.4 is 0 Å². The average Bonchev–Trinajstić information content (AvgIpc) is 2.95. The predicted octanol–water partition coefficient (Wildman–Crippen LogP) is 5.73. The highest BCUT2D eigenvalue weighted by atomic mass is 16.5. The van der Waals surface area contributed by atoms with Crippen molar-refractivity contribution in [1.82, 2.24) is 0 Å². The Kier molecular flexibility index (Phi) is 23.4. The summed E-state index contributed by atoms with van der Waals surface area (Å²) >= 11 is 0. The molecule has 40 heavy (non-hydrogen) atoms. The summed E-state index contributed by atoms with van der Waals surface area (Å²) in [5.74, 6) is -2.14. The second kappa shape index (κ2) is 24.3. The molecule has 0 amide bonds. The Bertz CT molecular complexity index is 667. The lowest BCUT2D eigenvalue weighted by Gasteiger charge is -2.37. The number of Topliss-reactive ketones (excluding diaryl/α,β-unsaturated/α-hetero) is 2. The Hall–Kier alpha value is -1.35. The van der Waals surface area contributed by atoms with Gasteiger partial charge in [0.05, 0.1) is 0 Å². The van der Waals surface area contributed by atoms with Crippen molar-refractivity contribution in [3.63, 3.8) is 0 Å². The summed E-state index contributed by atoms with van der Waals surface area (Å²) in [6, 6.07) is 0. The molecule has 4 atom stereocenters. The van der Waals surface area contributed by atoms with Crippen molar-refractivity contribution >= 4 is 17.5 Å². The lowest BCUT2D eigenvalue weighted by atomic mass is 9.80. The van der Waals surface area contributed by atoms with Gasteiger partial charge in [-0.2, -0.15) is 0 Å². The molecule has 0 bridgehead atoms. The van der Waals surface area contributed by atoms with Crippen LogP contribution in [0.2, 0.25) is 0 Å². The number of ether oxygens (including phenoxy) is 1. The molecule has 0 heterocycles. The number of hydrogen-bond donors (Lipinski definition) is 4. The summed E-state index contributed by atoms with van der Waals surface area (Å²) in [5, 5.41) is 43.5. The van der Waals surface area contributed by atoms with Gasteiger partial charge in [-0.05, 0) is 19.3 Å². The largest absolute Gasteiger partial charge is 0.463 e.